The summed E-state index contributed by atoms with van der Waals surface area (Å²) in [4.78, 5) is 17.5. The molecule has 0 radical (unpaired) electrons. The van der Waals surface area contributed by atoms with E-state index in [4.69, 9.17) is 0 Å². The van der Waals surface area contributed by atoms with E-state index in [9.17, 15) is 13.2 Å². The van der Waals surface area contributed by atoms with E-state index >= 15 is 0 Å². The van der Waals surface area contributed by atoms with Gasteiger partial charge in [0.1, 0.15) is 9.84 Å². The third-order valence-corrected chi connectivity index (χ3v) is 6.96. The average Bonchev–Trinajstić information content (AvgIpc) is 3.21. The topological polar surface area (TPSA) is 57.7 Å². The van der Waals surface area contributed by atoms with Gasteiger partial charge in [0.25, 0.3) is 0 Å². The van der Waals surface area contributed by atoms with Gasteiger partial charge >= 0.3 is 0 Å². The van der Waals surface area contributed by atoms with Crippen molar-refractivity contribution in [2.75, 3.05) is 25.1 Å². The minimum absolute atomic E-state index is 0.0644. The van der Waals surface area contributed by atoms with E-state index in [0.717, 1.165) is 32.4 Å². The first-order chi connectivity index (χ1) is 11.3. The number of amides is 1. The Morgan fingerprint density at radius 2 is 1.79 bits per heavy atom. The first kappa shape index (κ1) is 18.2. The lowest BCUT2D eigenvalue weighted by molar-refractivity contribution is -0.137. The van der Waals surface area contributed by atoms with Crippen molar-refractivity contribution >= 4 is 15.7 Å². The van der Waals surface area contributed by atoms with Gasteiger partial charge in [0, 0.05) is 30.9 Å². The molecule has 1 heterocycles. The van der Waals surface area contributed by atoms with E-state index in [1.165, 1.54) is 38.4 Å². The van der Waals surface area contributed by atoms with Crippen LogP contribution in [-0.4, -0.2) is 67.3 Å². The van der Waals surface area contributed by atoms with Crippen molar-refractivity contribution in [1.82, 2.24) is 9.80 Å². The molecule has 2 aliphatic carbocycles. The number of hydrogen-bond donors (Lipinski definition) is 0. The van der Waals surface area contributed by atoms with Crippen LogP contribution in [-0.2, 0) is 14.6 Å². The number of likely N-dealkylation sites (tertiary alicyclic amines) is 1. The number of nitrogens with zero attached hydrogens (tertiary/aromatic N) is 2. The van der Waals surface area contributed by atoms with Crippen LogP contribution in [0.1, 0.15) is 58.3 Å². The summed E-state index contributed by atoms with van der Waals surface area (Å²) in [7, 11) is -3.06. The summed E-state index contributed by atoms with van der Waals surface area (Å²) in [6.45, 7) is 3.80. The third-order valence-electron chi connectivity index (χ3n) is 5.87. The average molecular weight is 357 g/mol. The Labute approximate surface area is 146 Å². The number of hydrogen-bond acceptors (Lipinski definition) is 4. The van der Waals surface area contributed by atoms with Crippen molar-refractivity contribution in [3.8, 4) is 0 Å². The smallest absolute Gasteiger partial charge is 0.227 e. The largest absolute Gasteiger partial charge is 0.336 e. The molecule has 24 heavy (non-hydrogen) atoms. The summed E-state index contributed by atoms with van der Waals surface area (Å²) < 4.78 is 23.3. The molecule has 1 saturated heterocycles. The molecule has 138 valence electrons. The molecule has 0 aromatic carbocycles. The van der Waals surface area contributed by atoms with Crippen LogP contribution in [0.15, 0.2) is 0 Å². The molecule has 1 amide bonds. The summed E-state index contributed by atoms with van der Waals surface area (Å²) in [6.07, 6.45) is 10.8. The lowest BCUT2D eigenvalue weighted by atomic mass is 9.94. The standard InChI is InChI=1S/C18H32N2O3S/c1-14(13-24(2,22)23)20(17-8-9-17)18(21)15-10-11-19(12-15)16-6-4-3-5-7-16/h14-17H,3-13H2,1-2H3/t14-,15+/m0/s1. The Morgan fingerprint density at radius 3 is 2.38 bits per heavy atom. The van der Waals surface area contributed by atoms with Gasteiger partial charge < -0.3 is 4.90 Å². The van der Waals surface area contributed by atoms with Crippen molar-refractivity contribution in [1.29, 1.82) is 0 Å². The van der Waals surface area contributed by atoms with Crippen molar-refractivity contribution in [2.45, 2.75) is 76.4 Å². The highest BCUT2D eigenvalue weighted by Crippen LogP contribution is 2.34. The van der Waals surface area contributed by atoms with E-state index in [1.807, 2.05) is 11.8 Å². The highest BCUT2D eigenvalue weighted by atomic mass is 32.2. The van der Waals surface area contributed by atoms with Gasteiger partial charge in [-0.1, -0.05) is 19.3 Å². The van der Waals surface area contributed by atoms with E-state index in [2.05, 4.69) is 4.90 Å². The van der Waals surface area contributed by atoms with Crippen molar-refractivity contribution < 1.29 is 13.2 Å². The Kier molecular flexibility index (Phi) is 5.55. The highest BCUT2D eigenvalue weighted by Gasteiger charge is 2.42. The van der Waals surface area contributed by atoms with Gasteiger partial charge in [-0.3, -0.25) is 9.69 Å². The van der Waals surface area contributed by atoms with Crippen LogP contribution < -0.4 is 0 Å². The van der Waals surface area contributed by atoms with E-state index < -0.39 is 9.84 Å². The molecule has 0 bridgehead atoms. The monoisotopic (exact) mass is 356 g/mol. The first-order valence-electron chi connectivity index (χ1n) is 9.59. The molecule has 2 atom stereocenters. The molecule has 2 saturated carbocycles. The maximum atomic E-state index is 13.1. The zero-order valence-corrected chi connectivity index (χ0v) is 15.9. The van der Waals surface area contributed by atoms with Gasteiger partial charge in [0.2, 0.25) is 5.91 Å². The lowest BCUT2D eigenvalue weighted by Gasteiger charge is -2.33. The number of sulfone groups is 1. The predicted octanol–water partition coefficient (Wildman–Crippen LogP) is 2.07. The molecule has 3 fully saturated rings. The van der Waals surface area contributed by atoms with Crippen molar-refractivity contribution in [3.63, 3.8) is 0 Å². The summed E-state index contributed by atoms with van der Waals surface area (Å²) in [6, 6.07) is 0.737. The minimum atomic E-state index is -3.06. The summed E-state index contributed by atoms with van der Waals surface area (Å²) in [5.41, 5.74) is 0. The lowest BCUT2D eigenvalue weighted by Crippen LogP contribution is -2.47. The highest BCUT2D eigenvalue weighted by molar-refractivity contribution is 7.90. The fraction of sp³-hybridized carbons (Fsp3) is 0.944. The Morgan fingerprint density at radius 1 is 1.12 bits per heavy atom. The molecule has 0 N–H and O–H groups in total. The molecule has 0 aromatic rings. The van der Waals surface area contributed by atoms with Gasteiger partial charge in [-0.05, 0) is 45.6 Å². The number of carbonyl (C=O) groups is 1. The normalized spacial score (nSPS) is 28.0. The van der Waals surface area contributed by atoms with Crippen LogP contribution >= 0.6 is 0 Å². The zero-order chi connectivity index (χ0) is 17.3. The minimum Gasteiger partial charge on any atom is -0.336 e. The van der Waals surface area contributed by atoms with E-state index in [0.29, 0.717) is 6.04 Å². The third kappa shape index (κ3) is 4.51. The predicted molar refractivity (Wildman–Crippen MR) is 95.6 cm³/mol. The van der Waals surface area contributed by atoms with Crippen LogP contribution in [0.2, 0.25) is 0 Å². The van der Waals surface area contributed by atoms with Crippen molar-refractivity contribution in [2.24, 2.45) is 5.92 Å². The molecule has 0 spiro atoms. The summed E-state index contributed by atoms with van der Waals surface area (Å²) in [5, 5.41) is 0. The van der Waals surface area contributed by atoms with Gasteiger partial charge in [0.15, 0.2) is 0 Å². The molecule has 6 heteroatoms. The molecule has 1 aliphatic heterocycles. The SMILES string of the molecule is C[C@@H](CS(C)(=O)=O)N(C(=O)[C@@H]1CCN(C2CCCCC2)C1)C1CC1. The summed E-state index contributed by atoms with van der Waals surface area (Å²) in [5.74, 6) is 0.343. The molecular weight excluding hydrogens is 324 g/mol. The fourth-order valence-corrected chi connectivity index (χ4v) is 5.64. The van der Waals surface area contributed by atoms with Crippen LogP contribution in [0.3, 0.4) is 0 Å². The van der Waals surface area contributed by atoms with Crippen LogP contribution in [0.25, 0.3) is 0 Å². The summed E-state index contributed by atoms with van der Waals surface area (Å²) >= 11 is 0. The van der Waals surface area contributed by atoms with Gasteiger partial charge in [-0.25, -0.2) is 8.42 Å². The maximum absolute atomic E-state index is 13.1. The quantitative estimate of drug-likeness (QED) is 0.731. The zero-order valence-electron chi connectivity index (χ0n) is 15.1. The maximum Gasteiger partial charge on any atom is 0.227 e. The van der Waals surface area contributed by atoms with Gasteiger partial charge in [-0.15, -0.1) is 0 Å². The Balaban J connectivity index is 1.61. The molecule has 3 aliphatic rings. The van der Waals surface area contributed by atoms with Gasteiger partial charge in [0.05, 0.1) is 11.7 Å². The van der Waals surface area contributed by atoms with E-state index in [1.54, 1.807) is 0 Å². The second-order valence-electron chi connectivity index (χ2n) is 8.19. The molecule has 3 rings (SSSR count). The van der Waals surface area contributed by atoms with Gasteiger partial charge in [-0.2, -0.15) is 0 Å². The van der Waals surface area contributed by atoms with E-state index in [-0.39, 0.29) is 29.7 Å². The first-order valence-corrected chi connectivity index (χ1v) is 11.6. The number of carbonyl (C=O) groups excluding carboxylic acids is 1. The van der Waals surface area contributed by atoms with Crippen molar-refractivity contribution in [3.05, 3.63) is 0 Å². The molecule has 0 aromatic heterocycles. The van der Waals surface area contributed by atoms with Crippen LogP contribution in [0.4, 0.5) is 0 Å². The molecule has 0 unspecified atom stereocenters. The molecular formula is C18H32N2O3S. The number of rotatable bonds is 6. The second kappa shape index (κ2) is 7.32. The van der Waals surface area contributed by atoms with Crippen LogP contribution in [0.5, 0.6) is 0 Å². The second-order valence-corrected chi connectivity index (χ2v) is 10.4. The Bertz CT molecular complexity index is 553. The Hall–Kier alpha value is -0.620. The molecule has 5 nitrogen and oxygen atoms in total. The van der Waals surface area contributed by atoms with Crippen LogP contribution in [0, 0.1) is 5.92 Å². The fourth-order valence-electron chi connectivity index (χ4n) is 4.61.